The molecule has 1 rings (SSSR count). The van der Waals surface area contributed by atoms with Crippen LogP contribution in [0, 0.1) is 0 Å². The molecule has 1 N–H and O–H groups in total. The minimum Gasteiger partial charge on any atom is -0.367 e. The van der Waals surface area contributed by atoms with E-state index in [0.717, 1.165) is 16.3 Å². The van der Waals surface area contributed by atoms with Crippen molar-refractivity contribution < 1.29 is 0 Å². The summed E-state index contributed by atoms with van der Waals surface area (Å²) in [5.41, 5.74) is 2.13. The van der Waals surface area contributed by atoms with Crippen molar-refractivity contribution in [3.63, 3.8) is 0 Å². The third-order valence-corrected chi connectivity index (χ3v) is 2.17. The van der Waals surface area contributed by atoms with Gasteiger partial charge in [0.15, 0.2) is 0 Å². The summed E-state index contributed by atoms with van der Waals surface area (Å²) in [5.74, 6) is 0. The van der Waals surface area contributed by atoms with Gasteiger partial charge in [0.1, 0.15) is 6.17 Å². The van der Waals surface area contributed by atoms with E-state index in [1.54, 1.807) is 0 Å². The number of hydrogen-bond donors (Lipinski definition) is 2. The van der Waals surface area contributed by atoms with Gasteiger partial charge in [-0.15, -0.1) is 12.6 Å². The van der Waals surface area contributed by atoms with Gasteiger partial charge in [-0.05, 0) is 20.8 Å². The van der Waals surface area contributed by atoms with Crippen molar-refractivity contribution in [2.75, 3.05) is 0 Å². The van der Waals surface area contributed by atoms with Crippen LogP contribution in [0.2, 0.25) is 0 Å². The Morgan fingerprint density at radius 2 is 2.10 bits per heavy atom. The number of allylic oxidation sites excluding steroid dienone is 2. The summed E-state index contributed by atoms with van der Waals surface area (Å²) in [5, 5.41) is 3.18. The van der Waals surface area contributed by atoms with E-state index < -0.39 is 0 Å². The van der Waals surface area contributed by atoms with Crippen LogP contribution in [0.1, 0.15) is 20.8 Å². The van der Waals surface area contributed by atoms with Gasteiger partial charge < -0.3 is 5.32 Å². The van der Waals surface area contributed by atoms with Gasteiger partial charge in [-0.3, -0.25) is 4.99 Å². The molecule has 0 amide bonds. The lowest BCUT2D eigenvalue weighted by molar-refractivity contribution is 0.633. The Labute approximate surface area is 66.8 Å². The van der Waals surface area contributed by atoms with Crippen molar-refractivity contribution >= 4 is 18.3 Å². The summed E-state index contributed by atoms with van der Waals surface area (Å²) in [6.07, 6.45) is 0.205. The first-order valence-electron chi connectivity index (χ1n) is 3.32. The van der Waals surface area contributed by atoms with Crippen LogP contribution >= 0.6 is 12.6 Å². The zero-order chi connectivity index (χ0) is 7.72. The highest BCUT2D eigenvalue weighted by Crippen LogP contribution is 2.14. The molecule has 0 saturated heterocycles. The van der Waals surface area contributed by atoms with Crippen LogP contribution in [-0.4, -0.2) is 11.9 Å². The summed E-state index contributed by atoms with van der Waals surface area (Å²) >= 11 is 4.28. The van der Waals surface area contributed by atoms with Crippen LogP contribution in [0.4, 0.5) is 0 Å². The lowest BCUT2D eigenvalue weighted by atomic mass is 10.2. The van der Waals surface area contributed by atoms with Crippen LogP contribution < -0.4 is 5.32 Å². The van der Waals surface area contributed by atoms with Crippen molar-refractivity contribution in [3.05, 3.63) is 10.6 Å². The Hall–Kier alpha value is -0.440. The average Bonchev–Trinajstić information content (AvgIpc) is 1.82. The van der Waals surface area contributed by atoms with Gasteiger partial charge in [0.05, 0.1) is 0 Å². The van der Waals surface area contributed by atoms with Crippen LogP contribution in [0.25, 0.3) is 0 Å². The normalized spacial score (nSPS) is 26.0. The lowest BCUT2D eigenvalue weighted by Crippen LogP contribution is -2.28. The molecular weight excluding hydrogens is 144 g/mol. The molecule has 1 unspecified atom stereocenters. The average molecular weight is 156 g/mol. The first-order chi connectivity index (χ1) is 4.61. The summed E-state index contributed by atoms with van der Waals surface area (Å²) < 4.78 is 0. The molecule has 0 fully saturated rings. The molecule has 56 valence electrons. The van der Waals surface area contributed by atoms with E-state index in [4.69, 9.17) is 0 Å². The highest BCUT2D eigenvalue weighted by atomic mass is 32.1. The molecule has 0 aromatic carbocycles. The molecule has 0 aromatic rings. The number of rotatable bonds is 0. The molecule has 1 aliphatic rings. The second-order valence-corrected chi connectivity index (χ2v) is 2.96. The van der Waals surface area contributed by atoms with E-state index in [9.17, 15) is 0 Å². The van der Waals surface area contributed by atoms with Gasteiger partial charge in [-0.1, -0.05) is 0 Å². The molecule has 0 aliphatic carbocycles. The second-order valence-electron chi connectivity index (χ2n) is 2.51. The quantitative estimate of drug-likeness (QED) is 0.511. The molecule has 0 aromatic heterocycles. The van der Waals surface area contributed by atoms with E-state index in [1.165, 1.54) is 0 Å². The summed E-state index contributed by atoms with van der Waals surface area (Å²) in [6.45, 7) is 6.01. The zero-order valence-corrected chi connectivity index (χ0v) is 7.37. The fourth-order valence-corrected chi connectivity index (χ4v) is 1.16. The Bertz CT molecular complexity index is 206. The van der Waals surface area contributed by atoms with Crippen molar-refractivity contribution in [2.45, 2.75) is 26.9 Å². The number of hydrogen-bond acceptors (Lipinski definition) is 3. The maximum Gasteiger partial charge on any atom is 0.115 e. The van der Waals surface area contributed by atoms with Crippen molar-refractivity contribution in [1.82, 2.24) is 5.32 Å². The van der Waals surface area contributed by atoms with Gasteiger partial charge in [-0.25, -0.2) is 0 Å². The van der Waals surface area contributed by atoms with E-state index in [1.807, 2.05) is 20.8 Å². The minimum absolute atomic E-state index is 0.205. The molecule has 1 heterocycles. The topological polar surface area (TPSA) is 24.4 Å². The number of thiol groups is 1. The maximum absolute atomic E-state index is 4.29. The van der Waals surface area contributed by atoms with E-state index in [-0.39, 0.29) is 6.17 Å². The summed E-state index contributed by atoms with van der Waals surface area (Å²) in [7, 11) is 0. The van der Waals surface area contributed by atoms with E-state index >= 15 is 0 Å². The van der Waals surface area contributed by atoms with Gasteiger partial charge in [0.2, 0.25) is 0 Å². The molecule has 1 aliphatic heterocycles. The smallest absolute Gasteiger partial charge is 0.115 e. The molecule has 0 saturated carbocycles. The van der Waals surface area contributed by atoms with E-state index in [0.29, 0.717) is 0 Å². The van der Waals surface area contributed by atoms with Crippen LogP contribution in [-0.2, 0) is 0 Å². The lowest BCUT2D eigenvalue weighted by Gasteiger charge is -2.19. The molecule has 0 spiro atoms. The number of nitrogens with zero attached hydrogens (tertiary/aromatic N) is 1. The molecule has 2 nitrogen and oxygen atoms in total. The standard InChI is InChI=1S/C7H12N2S/c1-4-7(10)5(2)9-6(3)8-4/h6,8,10H,1-3H3. The fraction of sp³-hybridized carbons (Fsp3) is 0.571. The Kier molecular flexibility index (Phi) is 2.04. The number of aliphatic imine (C=N–C) groups is 1. The van der Waals surface area contributed by atoms with Crippen molar-refractivity contribution in [3.8, 4) is 0 Å². The highest BCUT2D eigenvalue weighted by Gasteiger charge is 2.10. The fourth-order valence-electron chi connectivity index (χ4n) is 1.04. The van der Waals surface area contributed by atoms with Gasteiger partial charge >= 0.3 is 0 Å². The molecular formula is C7H12N2S. The van der Waals surface area contributed by atoms with Crippen LogP contribution in [0.15, 0.2) is 15.6 Å². The zero-order valence-electron chi connectivity index (χ0n) is 6.47. The summed E-state index contributed by atoms with van der Waals surface area (Å²) in [6, 6.07) is 0. The Morgan fingerprint density at radius 1 is 1.50 bits per heavy atom. The molecule has 3 heteroatoms. The van der Waals surface area contributed by atoms with Gasteiger partial charge in [-0.2, -0.15) is 0 Å². The van der Waals surface area contributed by atoms with Crippen LogP contribution in [0.3, 0.4) is 0 Å². The predicted octanol–water partition coefficient (Wildman–Crippen LogP) is 1.56. The maximum atomic E-state index is 4.29. The third kappa shape index (κ3) is 1.34. The Morgan fingerprint density at radius 3 is 2.60 bits per heavy atom. The van der Waals surface area contributed by atoms with Gasteiger partial charge in [0, 0.05) is 16.3 Å². The molecule has 0 bridgehead atoms. The largest absolute Gasteiger partial charge is 0.367 e. The first kappa shape index (κ1) is 7.66. The third-order valence-electron chi connectivity index (χ3n) is 1.51. The Balaban J connectivity index is 2.90. The van der Waals surface area contributed by atoms with Crippen LogP contribution in [0.5, 0.6) is 0 Å². The number of nitrogens with one attached hydrogen (secondary N) is 1. The first-order valence-corrected chi connectivity index (χ1v) is 3.77. The predicted molar refractivity (Wildman–Crippen MR) is 47.4 cm³/mol. The van der Waals surface area contributed by atoms with E-state index in [2.05, 4.69) is 22.9 Å². The van der Waals surface area contributed by atoms with Crippen molar-refractivity contribution in [1.29, 1.82) is 0 Å². The second kappa shape index (κ2) is 2.66. The summed E-state index contributed by atoms with van der Waals surface area (Å²) in [4.78, 5) is 5.26. The minimum atomic E-state index is 0.205. The van der Waals surface area contributed by atoms with Gasteiger partial charge in [0.25, 0.3) is 0 Å². The highest BCUT2D eigenvalue weighted by molar-refractivity contribution is 7.85. The SMILES string of the molecule is CC1=NC(C)NC(C)=C1S. The molecule has 10 heavy (non-hydrogen) atoms. The molecule has 0 radical (unpaired) electrons. The monoisotopic (exact) mass is 156 g/mol. The molecule has 1 atom stereocenters. The van der Waals surface area contributed by atoms with Crippen molar-refractivity contribution in [2.24, 2.45) is 4.99 Å².